The van der Waals surface area contributed by atoms with Gasteiger partial charge in [-0.15, -0.1) is 0 Å². The molecule has 1 saturated heterocycles. The van der Waals surface area contributed by atoms with Gasteiger partial charge in [0.15, 0.2) is 5.78 Å². The number of rotatable bonds is 4. The number of fused-ring (bicyclic) bond motifs is 1. The molecule has 0 bridgehead atoms. The lowest BCUT2D eigenvalue weighted by Crippen LogP contribution is -2.53. The van der Waals surface area contributed by atoms with Crippen LogP contribution in [0.4, 0.5) is 13.2 Å². The lowest BCUT2D eigenvalue weighted by molar-refractivity contribution is -0.188. The van der Waals surface area contributed by atoms with Crippen molar-refractivity contribution < 1.29 is 37.4 Å². The SMILES string of the molecule is O=C(O)CCC(=O)c1ccc2c(c1)CCC1(CCN(C(=O)C(F)(F)F)CC1)O2. The summed E-state index contributed by atoms with van der Waals surface area (Å²) in [6, 6.07) is 4.91. The van der Waals surface area contributed by atoms with Crippen molar-refractivity contribution in [2.24, 2.45) is 0 Å². The van der Waals surface area contributed by atoms with Gasteiger partial charge in [-0.25, -0.2) is 0 Å². The van der Waals surface area contributed by atoms with Crippen LogP contribution in [0.25, 0.3) is 0 Å². The monoisotopic (exact) mass is 399 g/mol. The number of aryl methyl sites for hydroxylation is 1. The molecule has 3 rings (SSSR count). The van der Waals surface area contributed by atoms with Crippen LogP contribution in [0, 0.1) is 0 Å². The molecule has 28 heavy (non-hydrogen) atoms. The Labute approximate surface area is 159 Å². The van der Waals surface area contributed by atoms with Crippen molar-refractivity contribution in [2.45, 2.75) is 50.3 Å². The standard InChI is InChI=1S/C19H20F3NO5/c20-19(21,22)17(27)23-9-7-18(8-10-23)6-5-13-11-12(1-3-15(13)28-18)14(24)2-4-16(25)26/h1,3,11H,2,4-10H2,(H,25,26). The van der Waals surface area contributed by atoms with Crippen LogP contribution in [0.3, 0.4) is 0 Å². The van der Waals surface area contributed by atoms with Gasteiger partial charge in [0.2, 0.25) is 0 Å². The van der Waals surface area contributed by atoms with Gasteiger partial charge in [0, 0.05) is 37.9 Å². The smallest absolute Gasteiger partial charge is 0.471 e. The van der Waals surface area contributed by atoms with E-state index in [-0.39, 0.29) is 31.7 Å². The summed E-state index contributed by atoms with van der Waals surface area (Å²) in [5.41, 5.74) is 0.634. The largest absolute Gasteiger partial charge is 0.487 e. The molecule has 0 unspecified atom stereocenters. The average Bonchev–Trinajstić information content (AvgIpc) is 2.65. The highest BCUT2D eigenvalue weighted by Crippen LogP contribution is 2.40. The Morgan fingerprint density at radius 1 is 1.11 bits per heavy atom. The molecular weight excluding hydrogens is 379 g/mol. The van der Waals surface area contributed by atoms with E-state index in [0.717, 1.165) is 10.5 Å². The van der Waals surface area contributed by atoms with E-state index in [2.05, 4.69) is 0 Å². The average molecular weight is 399 g/mol. The summed E-state index contributed by atoms with van der Waals surface area (Å²) in [6.07, 6.45) is -3.37. The fourth-order valence-corrected chi connectivity index (χ4v) is 3.71. The molecule has 1 spiro atoms. The number of ether oxygens (including phenoxy) is 1. The molecule has 0 saturated carbocycles. The van der Waals surface area contributed by atoms with Crippen LogP contribution in [-0.2, 0) is 16.0 Å². The molecule has 1 amide bonds. The molecule has 0 aliphatic carbocycles. The van der Waals surface area contributed by atoms with Crippen LogP contribution >= 0.6 is 0 Å². The van der Waals surface area contributed by atoms with Crippen molar-refractivity contribution in [3.8, 4) is 5.75 Å². The fourth-order valence-electron chi connectivity index (χ4n) is 3.71. The number of carboxylic acids is 1. The number of alkyl halides is 3. The molecule has 6 nitrogen and oxygen atoms in total. The van der Waals surface area contributed by atoms with E-state index in [9.17, 15) is 27.6 Å². The first-order valence-corrected chi connectivity index (χ1v) is 9.03. The molecule has 0 atom stereocenters. The number of hydrogen-bond donors (Lipinski definition) is 1. The molecule has 2 aliphatic rings. The zero-order chi connectivity index (χ0) is 20.5. The summed E-state index contributed by atoms with van der Waals surface area (Å²) >= 11 is 0. The number of benzene rings is 1. The summed E-state index contributed by atoms with van der Waals surface area (Å²) < 4.78 is 43.8. The molecule has 2 heterocycles. The zero-order valence-electron chi connectivity index (χ0n) is 15.1. The molecule has 9 heteroatoms. The van der Waals surface area contributed by atoms with Crippen LogP contribution in [0.1, 0.15) is 48.0 Å². The minimum atomic E-state index is -4.87. The number of nitrogens with zero attached hydrogens (tertiary/aromatic N) is 1. The lowest BCUT2D eigenvalue weighted by atomic mass is 9.82. The number of hydrogen-bond acceptors (Lipinski definition) is 4. The number of likely N-dealkylation sites (tertiary alicyclic amines) is 1. The number of piperidine rings is 1. The van der Waals surface area contributed by atoms with Crippen molar-refractivity contribution >= 4 is 17.7 Å². The maximum absolute atomic E-state index is 12.6. The van der Waals surface area contributed by atoms with E-state index in [4.69, 9.17) is 9.84 Å². The van der Waals surface area contributed by atoms with E-state index in [1.165, 1.54) is 0 Å². The second-order valence-electron chi connectivity index (χ2n) is 7.21. The Hall–Kier alpha value is -2.58. The maximum atomic E-state index is 12.6. The van der Waals surface area contributed by atoms with Gasteiger partial charge in [-0.1, -0.05) is 0 Å². The summed E-state index contributed by atoms with van der Waals surface area (Å²) in [5.74, 6) is -2.53. The molecule has 1 aromatic carbocycles. The highest BCUT2D eigenvalue weighted by atomic mass is 19.4. The minimum Gasteiger partial charge on any atom is -0.487 e. The number of carboxylic acid groups (broad SMARTS) is 1. The van der Waals surface area contributed by atoms with Gasteiger partial charge in [0.05, 0.1) is 6.42 Å². The number of carbonyl (C=O) groups is 3. The fraction of sp³-hybridized carbons (Fsp3) is 0.526. The van der Waals surface area contributed by atoms with E-state index in [1.54, 1.807) is 18.2 Å². The van der Waals surface area contributed by atoms with Crippen LogP contribution in [0.15, 0.2) is 18.2 Å². The van der Waals surface area contributed by atoms with Gasteiger partial charge in [-0.05, 0) is 36.6 Å². The molecule has 1 aromatic rings. The number of aliphatic carboxylic acids is 1. The van der Waals surface area contributed by atoms with Crippen molar-refractivity contribution in [1.29, 1.82) is 0 Å². The first kappa shape index (κ1) is 20.2. The predicted molar refractivity (Wildman–Crippen MR) is 91.2 cm³/mol. The van der Waals surface area contributed by atoms with Crippen LogP contribution in [0.5, 0.6) is 5.75 Å². The van der Waals surface area contributed by atoms with Gasteiger partial charge in [-0.2, -0.15) is 13.2 Å². The van der Waals surface area contributed by atoms with E-state index < -0.39 is 23.7 Å². The van der Waals surface area contributed by atoms with Crippen LogP contribution in [0.2, 0.25) is 0 Å². The van der Waals surface area contributed by atoms with E-state index in [1.807, 2.05) is 0 Å². The maximum Gasteiger partial charge on any atom is 0.471 e. The Morgan fingerprint density at radius 3 is 2.39 bits per heavy atom. The van der Waals surface area contributed by atoms with Gasteiger partial charge < -0.3 is 14.7 Å². The minimum absolute atomic E-state index is 0.0144. The predicted octanol–water partition coefficient (Wildman–Crippen LogP) is 2.98. The van der Waals surface area contributed by atoms with Gasteiger partial charge in [0.1, 0.15) is 11.4 Å². The second-order valence-corrected chi connectivity index (χ2v) is 7.21. The topological polar surface area (TPSA) is 83.9 Å². The molecule has 0 aromatic heterocycles. The van der Waals surface area contributed by atoms with Crippen LogP contribution in [-0.4, -0.2) is 52.5 Å². The molecule has 152 valence electrons. The number of ketones is 1. The van der Waals surface area contributed by atoms with Crippen molar-refractivity contribution in [3.05, 3.63) is 29.3 Å². The van der Waals surface area contributed by atoms with Gasteiger partial charge >= 0.3 is 18.1 Å². The summed E-state index contributed by atoms with van der Waals surface area (Å²) in [7, 11) is 0. The molecule has 1 fully saturated rings. The normalized spacial score (nSPS) is 18.3. The van der Waals surface area contributed by atoms with Crippen molar-refractivity contribution in [3.63, 3.8) is 0 Å². The number of carbonyl (C=O) groups excluding carboxylic acids is 2. The first-order chi connectivity index (χ1) is 13.1. The Morgan fingerprint density at radius 2 is 1.79 bits per heavy atom. The molecule has 0 radical (unpaired) electrons. The third kappa shape index (κ3) is 4.28. The van der Waals surface area contributed by atoms with E-state index in [0.29, 0.717) is 37.0 Å². The van der Waals surface area contributed by atoms with Crippen molar-refractivity contribution in [1.82, 2.24) is 4.90 Å². The Kier molecular flexibility index (Phi) is 5.36. The highest BCUT2D eigenvalue weighted by molar-refractivity contribution is 5.97. The quantitative estimate of drug-likeness (QED) is 0.787. The first-order valence-electron chi connectivity index (χ1n) is 9.03. The molecule has 2 aliphatic heterocycles. The van der Waals surface area contributed by atoms with Crippen LogP contribution < -0.4 is 4.74 Å². The summed E-state index contributed by atoms with van der Waals surface area (Å²) in [4.78, 5) is 34.9. The molecule has 1 N–H and O–H groups in total. The third-order valence-corrected chi connectivity index (χ3v) is 5.33. The third-order valence-electron chi connectivity index (χ3n) is 5.33. The zero-order valence-corrected chi connectivity index (χ0v) is 15.1. The number of halogens is 3. The molecular formula is C19H20F3NO5. The number of Topliss-reactive ketones (excluding diaryl/α,β-unsaturated/α-hetero) is 1. The summed E-state index contributed by atoms with van der Waals surface area (Å²) in [6.45, 7) is -0.0289. The second kappa shape index (κ2) is 7.44. The summed E-state index contributed by atoms with van der Waals surface area (Å²) in [5, 5.41) is 8.68. The Bertz CT molecular complexity index is 797. The van der Waals surface area contributed by atoms with E-state index >= 15 is 0 Å². The van der Waals surface area contributed by atoms with Gasteiger partial charge in [0.25, 0.3) is 0 Å². The highest BCUT2D eigenvalue weighted by Gasteiger charge is 2.47. The van der Waals surface area contributed by atoms with Gasteiger partial charge in [-0.3, -0.25) is 14.4 Å². The lowest BCUT2D eigenvalue weighted by Gasteiger charge is -2.44. The Balaban J connectivity index is 1.65. The number of amides is 1. The van der Waals surface area contributed by atoms with Crippen molar-refractivity contribution in [2.75, 3.05) is 13.1 Å².